The Bertz CT molecular complexity index is 281. The van der Waals surface area contributed by atoms with E-state index in [2.05, 4.69) is 25.0 Å². The van der Waals surface area contributed by atoms with Crippen molar-refractivity contribution in [3.63, 3.8) is 0 Å². The number of hydrogen-bond acceptors (Lipinski definition) is 4. The van der Waals surface area contributed by atoms with Gasteiger partial charge < -0.3 is 4.89 Å². The third kappa shape index (κ3) is 9.23. The van der Waals surface area contributed by atoms with Crippen molar-refractivity contribution in [1.29, 1.82) is 0 Å². The first-order chi connectivity index (χ1) is 7.02. The molecule has 15 heavy (non-hydrogen) atoms. The van der Waals surface area contributed by atoms with Crippen molar-refractivity contribution >= 4 is 35.1 Å². The van der Waals surface area contributed by atoms with E-state index < -0.39 is 7.82 Å². The van der Waals surface area contributed by atoms with Gasteiger partial charge in [-0.05, 0) is 41.2 Å². The van der Waals surface area contributed by atoms with Crippen molar-refractivity contribution in [2.24, 2.45) is 0 Å². The number of rotatable bonds is 4. The monoisotopic (exact) mass is 316 g/mol. The minimum atomic E-state index is -3.69. The highest BCUT2D eigenvalue weighted by Crippen LogP contribution is 2.42. The molecule has 1 aromatic heterocycles. The Kier molecular flexibility index (Phi) is 8.61. The van der Waals surface area contributed by atoms with Gasteiger partial charge in [0.2, 0.25) is 0 Å². The van der Waals surface area contributed by atoms with Gasteiger partial charge in [0.25, 0.3) is 0 Å². The smallest absolute Gasteiger partial charge is 0.302 e. The maximum atomic E-state index is 10.5. The van der Waals surface area contributed by atoms with E-state index in [0.717, 1.165) is 0 Å². The molecular weight excluding hydrogens is 303 g/mol. The Labute approximate surface area is 102 Å². The molecule has 4 nitrogen and oxygen atoms in total. The summed E-state index contributed by atoms with van der Waals surface area (Å²) in [6, 6.07) is 4.03. The number of halogens is 1. The zero-order chi connectivity index (χ0) is 11.7. The maximum Gasteiger partial charge on any atom is 0.472 e. The molecule has 0 aliphatic rings. The third-order valence-electron chi connectivity index (χ3n) is 1.07. The molecule has 1 heterocycles. The van der Waals surface area contributed by atoms with E-state index in [-0.39, 0.29) is 13.2 Å². The molecular formula is C8H14BrO4PS. The quantitative estimate of drug-likeness (QED) is 0.861. The van der Waals surface area contributed by atoms with Gasteiger partial charge >= 0.3 is 7.82 Å². The molecule has 0 aromatic carbocycles. The van der Waals surface area contributed by atoms with Crippen LogP contribution >= 0.6 is 35.1 Å². The molecule has 0 aliphatic carbocycles. The molecule has 1 rings (SSSR count). The fourth-order valence-electron chi connectivity index (χ4n) is 0.622. The summed E-state index contributed by atoms with van der Waals surface area (Å²) in [5.74, 6) is 0. The molecule has 0 amide bonds. The summed E-state index contributed by atoms with van der Waals surface area (Å²) in [5, 5.41) is 2.03. The van der Waals surface area contributed by atoms with E-state index in [1.807, 2.05) is 17.5 Å². The lowest BCUT2D eigenvalue weighted by atomic mass is 10.7. The highest BCUT2D eigenvalue weighted by atomic mass is 79.9. The molecule has 0 spiro atoms. The van der Waals surface area contributed by atoms with Crippen molar-refractivity contribution in [3.05, 3.63) is 21.3 Å². The van der Waals surface area contributed by atoms with Crippen LogP contribution in [-0.2, 0) is 13.6 Å². The lowest BCUT2D eigenvalue weighted by Gasteiger charge is -2.07. The number of phosphoric ester groups is 1. The Hall–Kier alpha value is 0.290. The highest BCUT2D eigenvalue weighted by Gasteiger charge is 2.17. The van der Waals surface area contributed by atoms with E-state index in [0.29, 0.717) is 0 Å². The molecule has 7 heteroatoms. The summed E-state index contributed by atoms with van der Waals surface area (Å²) < 4.78 is 20.4. The van der Waals surface area contributed by atoms with Gasteiger partial charge in [-0.3, -0.25) is 9.05 Å². The van der Waals surface area contributed by atoms with Crippen LogP contribution in [0.5, 0.6) is 0 Å². The van der Waals surface area contributed by atoms with Gasteiger partial charge in [0, 0.05) is 0 Å². The zero-order valence-corrected chi connectivity index (χ0v) is 11.8. The lowest BCUT2D eigenvalue weighted by Crippen LogP contribution is -1.93. The molecule has 88 valence electrons. The van der Waals surface area contributed by atoms with Crippen molar-refractivity contribution in [2.45, 2.75) is 13.8 Å². The van der Waals surface area contributed by atoms with E-state index in [1.54, 1.807) is 25.2 Å². The maximum absolute atomic E-state index is 10.5. The molecule has 1 N–H and O–H groups in total. The molecule has 0 saturated carbocycles. The van der Waals surface area contributed by atoms with Crippen LogP contribution in [0, 0.1) is 0 Å². The van der Waals surface area contributed by atoms with Crippen LogP contribution in [0.25, 0.3) is 0 Å². The number of thiophene rings is 1. The fraction of sp³-hybridized carbons (Fsp3) is 0.500. The van der Waals surface area contributed by atoms with Crippen molar-refractivity contribution in [2.75, 3.05) is 13.2 Å². The predicted octanol–water partition coefficient (Wildman–Crippen LogP) is 3.67. The van der Waals surface area contributed by atoms with E-state index in [1.165, 1.54) is 3.79 Å². The first-order valence-corrected chi connectivity index (χ1v) is 7.49. The van der Waals surface area contributed by atoms with Crippen molar-refractivity contribution in [3.8, 4) is 0 Å². The molecule has 0 fully saturated rings. The molecule has 0 radical (unpaired) electrons. The van der Waals surface area contributed by atoms with Crippen LogP contribution in [0.2, 0.25) is 0 Å². The minimum absolute atomic E-state index is 0.188. The summed E-state index contributed by atoms with van der Waals surface area (Å²) in [4.78, 5) is 8.63. The Morgan fingerprint density at radius 1 is 1.47 bits per heavy atom. The standard InChI is InChI=1S/C4H3BrS.C4H11O4P/c5-4-2-1-3-6-4;1-3-7-9(5,6)8-4-2/h1-3H;3-4H2,1-2H3,(H,5,6). The van der Waals surface area contributed by atoms with Gasteiger partial charge in [0.15, 0.2) is 0 Å². The second kappa shape index (κ2) is 8.44. The summed E-state index contributed by atoms with van der Waals surface area (Å²) >= 11 is 4.99. The second-order valence-electron chi connectivity index (χ2n) is 2.22. The first-order valence-electron chi connectivity index (χ1n) is 4.32. The van der Waals surface area contributed by atoms with Gasteiger partial charge in [-0.1, -0.05) is 6.07 Å². The van der Waals surface area contributed by atoms with Crippen LogP contribution in [0.15, 0.2) is 21.3 Å². The molecule has 0 saturated heterocycles. The first kappa shape index (κ1) is 15.3. The largest absolute Gasteiger partial charge is 0.472 e. The van der Waals surface area contributed by atoms with E-state index >= 15 is 0 Å². The summed E-state index contributed by atoms with van der Waals surface area (Å²) in [7, 11) is -3.69. The molecule has 0 aliphatic heterocycles. The van der Waals surface area contributed by atoms with E-state index in [9.17, 15) is 4.57 Å². The average molecular weight is 317 g/mol. The Morgan fingerprint density at radius 3 is 2.20 bits per heavy atom. The predicted molar refractivity (Wildman–Crippen MR) is 65.1 cm³/mol. The number of hydrogen-bond donors (Lipinski definition) is 1. The van der Waals surface area contributed by atoms with Gasteiger partial charge in [-0.15, -0.1) is 11.3 Å². The Balaban J connectivity index is 0.000000280. The number of phosphoric acid groups is 1. The van der Waals surface area contributed by atoms with E-state index in [4.69, 9.17) is 4.89 Å². The topological polar surface area (TPSA) is 55.8 Å². The summed E-state index contributed by atoms with van der Waals surface area (Å²) in [6.07, 6.45) is 0. The molecule has 0 atom stereocenters. The van der Waals surface area contributed by atoms with Crippen molar-refractivity contribution < 1.29 is 18.5 Å². The van der Waals surface area contributed by atoms with Crippen LogP contribution in [0.1, 0.15) is 13.8 Å². The van der Waals surface area contributed by atoms with Gasteiger partial charge in [-0.25, -0.2) is 4.57 Å². The van der Waals surface area contributed by atoms with Crippen LogP contribution in [0.4, 0.5) is 0 Å². The van der Waals surface area contributed by atoms with Crippen molar-refractivity contribution in [1.82, 2.24) is 0 Å². The minimum Gasteiger partial charge on any atom is -0.302 e. The molecule has 1 aromatic rings. The second-order valence-corrected chi connectivity index (χ2v) is 6.00. The van der Waals surface area contributed by atoms with Gasteiger partial charge in [0.05, 0.1) is 17.0 Å². The molecule has 0 unspecified atom stereocenters. The van der Waals surface area contributed by atoms with Gasteiger partial charge in [-0.2, -0.15) is 0 Å². The summed E-state index contributed by atoms with van der Waals surface area (Å²) in [6.45, 7) is 3.63. The fourth-order valence-corrected chi connectivity index (χ4v) is 2.27. The zero-order valence-electron chi connectivity index (χ0n) is 8.55. The van der Waals surface area contributed by atoms with Crippen LogP contribution in [0.3, 0.4) is 0 Å². The normalized spacial score (nSPS) is 10.7. The van der Waals surface area contributed by atoms with Crippen LogP contribution in [-0.4, -0.2) is 18.1 Å². The van der Waals surface area contributed by atoms with Crippen LogP contribution < -0.4 is 0 Å². The molecule has 0 bridgehead atoms. The van der Waals surface area contributed by atoms with Gasteiger partial charge in [0.1, 0.15) is 0 Å². The highest BCUT2D eigenvalue weighted by molar-refractivity contribution is 9.11. The Morgan fingerprint density at radius 2 is 2.00 bits per heavy atom. The average Bonchev–Trinajstić information content (AvgIpc) is 2.56. The third-order valence-corrected chi connectivity index (χ3v) is 3.72. The summed E-state index contributed by atoms with van der Waals surface area (Å²) in [5.41, 5.74) is 0. The lowest BCUT2D eigenvalue weighted by molar-refractivity contribution is 0.161. The SMILES string of the molecule is Brc1cccs1.CCOP(=O)(O)OCC.